The molecule has 3 atom stereocenters. The lowest BCUT2D eigenvalue weighted by molar-refractivity contribution is 0.169. The van der Waals surface area contributed by atoms with Gasteiger partial charge < -0.3 is 10.5 Å². The summed E-state index contributed by atoms with van der Waals surface area (Å²) in [7, 11) is 0. The number of allylic oxidation sites excluding steroid dienone is 2. The number of ether oxygens (including phenoxy) is 1. The van der Waals surface area contributed by atoms with E-state index in [1.165, 1.54) is 16.1 Å². The number of anilines is 1. The highest BCUT2D eigenvalue weighted by Crippen LogP contribution is 2.51. The zero-order valence-corrected chi connectivity index (χ0v) is 13.2. The van der Waals surface area contributed by atoms with E-state index in [2.05, 4.69) is 24.1 Å². The molecule has 0 fully saturated rings. The fourth-order valence-corrected chi connectivity index (χ4v) is 4.23. The van der Waals surface area contributed by atoms with E-state index in [1.54, 1.807) is 11.3 Å². The quantitative estimate of drug-likeness (QED) is 0.710. The Labute approximate surface area is 127 Å². The summed E-state index contributed by atoms with van der Waals surface area (Å²) in [5.74, 6) is 2.13. The molecular formula is C13H15IN2OS. The molecule has 1 aromatic rings. The van der Waals surface area contributed by atoms with Gasteiger partial charge in [0, 0.05) is 23.1 Å². The standard InChI is InChI=1S/C13H14N2OS.HI/c1-6-4-9-8-5-11-12(15-13(14)17-11)7(8)2-3-10(9)16-6;/h2-3,6-8H,4-5H2,1H3,(H2,14,15);1H. The molecule has 0 saturated heterocycles. The highest BCUT2D eigenvalue weighted by Gasteiger charge is 2.41. The summed E-state index contributed by atoms with van der Waals surface area (Å²) < 4.78 is 5.82. The number of halogens is 1. The monoisotopic (exact) mass is 374 g/mol. The van der Waals surface area contributed by atoms with Crippen LogP contribution in [-0.4, -0.2) is 11.1 Å². The van der Waals surface area contributed by atoms with Crippen LogP contribution in [-0.2, 0) is 11.2 Å². The van der Waals surface area contributed by atoms with Crippen molar-refractivity contribution in [2.45, 2.75) is 31.8 Å². The van der Waals surface area contributed by atoms with Gasteiger partial charge in [-0.15, -0.1) is 35.3 Å². The number of nitrogens with two attached hydrogens (primary N) is 1. The SMILES string of the molecule is CC1CC2=C(C=CC3c4nc(N)sc4CC23)O1.I. The lowest BCUT2D eigenvalue weighted by Crippen LogP contribution is -2.13. The first-order valence-corrected chi connectivity index (χ1v) is 6.87. The topological polar surface area (TPSA) is 48.1 Å². The Morgan fingerprint density at radius 1 is 1.44 bits per heavy atom. The van der Waals surface area contributed by atoms with Crippen molar-refractivity contribution >= 4 is 40.4 Å². The molecule has 0 bridgehead atoms. The predicted octanol–water partition coefficient (Wildman–Crippen LogP) is 3.23. The first-order chi connectivity index (χ1) is 8.22. The number of thiazole rings is 1. The van der Waals surface area contributed by atoms with Crippen LogP contribution in [0.5, 0.6) is 0 Å². The molecule has 18 heavy (non-hydrogen) atoms. The van der Waals surface area contributed by atoms with Gasteiger partial charge in [0.2, 0.25) is 0 Å². The van der Waals surface area contributed by atoms with E-state index in [0.717, 1.165) is 18.6 Å². The molecular weight excluding hydrogens is 359 g/mol. The molecule has 2 aliphatic carbocycles. The van der Waals surface area contributed by atoms with Crippen molar-refractivity contribution in [3.05, 3.63) is 34.1 Å². The molecule has 5 heteroatoms. The minimum absolute atomic E-state index is 0. The van der Waals surface area contributed by atoms with Gasteiger partial charge in [-0.3, -0.25) is 0 Å². The maximum Gasteiger partial charge on any atom is 0.180 e. The molecule has 0 saturated carbocycles. The van der Waals surface area contributed by atoms with Crippen molar-refractivity contribution < 1.29 is 4.74 Å². The van der Waals surface area contributed by atoms with Gasteiger partial charge in [0.25, 0.3) is 0 Å². The van der Waals surface area contributed by atoms with E-state index in [9.17, 15) is 0 Å². The van der Waals surface area contributed by atoms with Crippen LogP contribution in [0.4, 0.5) is 5.13 Å². The molecule has 1 aromatic heterocycles. The smallest absolute Gasteiger partial charge is 0.180 e. The first kappa shape index (κ1) is 12.5. The van der Waals surface area contributed by atoms with Crippen LogP contribution >= 0.6 is 35.3 Å². The highest BCUT2D eigenvalue weighted by molar-refractivity contribution is 14.0. The zero-order valence-electron chi connectivity index (χ0n) is 10.1. The Bertz CT molecular complexity index is 563. The molecule has 3 aliphatic rings. The summed E-state index contributed by atoms with van der Waals surface area (Å²) in [4.78, 5) is 5.86. The van der Waals surface area contributed by atoms with Crippen LogP contribution in [0, 0.1) is 5.92 Å². The van der Waals surface area contributed by atoms with E-state index >= 15 is 0 Å². The normalized spacial score (nSPS) is 31.5. The molecule has 0 radical (unpaired) electrons. The number of nitrogen functional groups attached to an aromatic ring is 1. The van der Waals surface area contributed by atoms with Gasteiger partial charge in [-0.2, -0.15) is 0 Å². The van der Waals surface area contributed by atoms with Gasteiger partial charge in [-0.25, -0.2) is 4.98 Å². The molecule has 96 valence electrons. The van der Waals surface area contributed by atoms with E-state index in [0.29, 0.717) is 23.1 Å². The summed E-state index contributed by atoms with van der Waals surface area (Å²) >= 11 is 1.65. The van der Waals surface area contributed by atoms with E-state index in [1.807, 2.05) is 0 Å². The second-order valence-corrected chi connectivity index (χ2v) is 6.19. The second kappa shape index (κ2) is 4.23. The summed E-state index contributed by atoms with van der Waals surface area (Å²) in [6, 6.07) is 0. The average molecular weight is 374 g/mol. The van der Waals surface area contributed by atoms with E-state index < -0.39 is 0 Å². The molecule has 2 N–H and O–H groups in total. The number of rotatable bonds is 0. The highest BCUT2D eigenvalue weighted by atomic mass is 127. The number of fused-ring (bicyclic) bond motifs is 4. The summed E-state index contributed by atoms with van der Waals surface area (Å²) in [6.07, 6.45) is 6.87. The molecule has 0 aromatic carbocycles. The minimum Gasteiger partial charge on any atom is -0.490 e. The van der Waals surface area contributed by atoms with Crippen LogP contribution in [0.15, 0.2) is 23.5 Å². The van der Waals surface area contributed by atoms with Crippen molar-refractivity contribution in [3.63, 3.8) is 0 Å². The predicted molar refractivity (Wildman–Crippen MR) is 83.2 cm³/mol. The molecule has 1 aliphatic heterocycles. The fraction of sp³-hybridized carbons (Fsp3) is 0.462. The Hall–Kier alpha value is -0.560. The minimum atomic E-state index is 0. The Morgan fingerprint density at radius 3 is 3.11 bits per heavy atom. The van der Waals surface area contributed by atoms with E-state index in [-0.39, 0.29) is 24.0 Å². The van der Waals surface area contributed by atoms with Crippen molar-refractivity contribution in [1.29, 1.82) is 0 Å². The largest absolute Gasteiger partial charge is 0.490 e. The Balaban J connectivity index is 0.000001000. The molecule has 2 heterocycles. The maximum absolute atomic E-state index is 5.82. The molecule has 4 rings (SSSR count). The number of nitrogens with zero attached hydrogens (tertiary/aromatic N) is 1. The van der Waals surface area contributed by atoms with Gasteiger partial charge in [-0.05, 0) is 25.0 Å². The third-order valence-electron chi connectivity index (χ3n) is 3.95. The van der Waals surface area contributed by atoms with Crippen molar-refractivity contribution in [1.82, 2.24) is 4.98 Å². The average Bonchev–Trinajstić information content (AvgIpc) is 2.88. The maximum atomic E-state index is 5.82. The molecule has 0 amide bonds. The van der Waals surface area contributed by atoms with Crippen LogP contribution in [0.3, 0.4) is 0 Å². The molecule has 3 nitrogen and oxygen atoms in total. The van der Waals surface area contributed by atoms with Crippen molar-refractivity contribution in [3.8, 4) is 0 Å². The van der Waals surface area contributed by atoms with Crippen LogP contribution in [0.2, 0.25) is 0 Å². The molecule has 0 spiro atoms. The summed E-state index contributed by atoms with van der Waals surface area (Å²) in [5, 5.41) is 0.706. The van der Waals surface area contributed by atoms with Crippen molar-refractivity contribution in [2.75, 3.05) is 5.73 Å². The Kier molecular flexibility index (Phi) is 2.93. The lowest BCUT2D eigenvalue weighted by atomic mass is 9.82. The third-order valence-corrected chi connectivity index (χ3v) is 4.88. The zero-order chi connectivity index (χ0) is 11.6. The Morgan fingerprint density at radius 2 is 2.28 bits per heavy atom. The molecule has 3 unspecified atom stereocenters. The number of aromatic nitrogens is 1. The number of hydrogen-bond acceptors (Lipinski definition) is 4. The van der Waals surface area contributed by atoms with Gasteiger partial charge >= 0.3 is 0 Å². The fourth-order valence-electron chi connectivity index (χ4n) is 3.29. The lowest BCUT2D eigenvalue weighted by Gasteiger charge is -2.21. The summed E-state index contributed by atoms with van der Waals surface area (Å²) in [6.45, 7) is 2.14. The van der Waals surface area contributed by atoms with Crippen LogP contribution in [0.1, 0.15) is 29.8 Å². The van der Waals surface area contributed by atoms with Gasteiger partial charge in [0.1, 0.15) is 5.76 Å². The van der Waals surface area contributed by atoms with Crippen molar-refractivity contribution in [2.24, 2.45) is 5.92 Å². The van der Waals surface area contributed by atoms with Crippen LogP contribution < -0.4 is 5.73 Å². The van der Waals surface area contributed by atoms with Gasteiger partial charge in [0.15, 0.2) is 5.13 Å². The summed E-state index contributed by atoms with van der Waals surface area (Å²) in [5.41, 5.74) is 8.49. The van der Waals surface area contributed by atoms with Gasteiger partial charge in [-0.1, -0.05) is 6.08 Å². The first-order valence-electron chi connectivity index (χ1n) is 6.05. The third kappa shape index (κ3) is 1.63. The number of hydrogen-bond donors (Lipinski definition) is 1. The van der Waals surface area contributed by atoms with E-state index in [4.69, 9.17) is 10.5 Å². The second-order valence-electron chi connectivity index (χ2n) is 5.08. The van der Waals surface area contributed by atoms with Gasteiger partial charge in [0.05, 0.1) is 11.8 Å². The van der Waals surface area contributed by atoms with Crippen LogP contribution in [0.25, 0.3) is 0 Å².